The van der Waals surface area contributed by atoms with Crippen molar-refractivity contribution in [1.29, 1.82) is 0 Å². The standard InChI is InChI=1S/C20H19FN6O3/c1-11-17(19(28)23-15-9-8-14(29-2)10-16(15)30-3)18(12-4-6-13(21)7-5-12)27-20(22-11)24-25-26-27/h4-10,18H,1-3H3,(H,23,28)(H,22,24,26)/t18-/m0/s1. The molecule has 2 heterocycles. The molecule has 0 aliphatic carbocycles. The number of fused-ring (bicyclic) bond motifs is 1. The van der Waals surface area contributed by atoms with Crippen LogP contribution in [0.2, 0.25) is 0 Å². The van der Waals surface area contributed by atoms with Crippen molar-refractivity contribution in [3.05, 3.63) is 65.1 Å². The Kier molecular flexibility index (Phi) is 5.05. The number of rotatable bonds is 5. The Morgan fingerprint density at radius 3 is 2.63 bits per heavy atom. The van der Waals surface area contributed by atoms with E-state index in [0.717, 1.165) is 0 Å². The average molecular weight is 410 g/mol. The van der Waals surface area contributed by atoms with Crippen LogP contribution in [0.1, 0.15) is 18.5 Å². The van der Waals surface area contributed by atoms with Gasteiger partial charge in [0.25, 0.3) is 5.91 Å². The number of hydrogen-bond acceptors (Lipinski definition) is 7. The molecule has 3 aromatic rings. The smallest absolute Gasteiger partial charge is 0.255 e. The number of carbonyl (C=O) groups excluding carboxylic acids is 1. The van der Waals surface area contributed by atoms with E-state index in [2.05, 4.69) is 26.2 Å². The van der Waals surface area contributed by atoms with Gasteiger partial charge in [-0.25, -0.2) is 4.39 Å². The summed E-state index contributed by atoms with van der Waals surface area (Å²) >= 11 is 0. The van der Waals surface area contributed by atoms with Crippen LogP contribution in [0, 0.1) is 5.82 Å². The zero-order chi connectivity index (χ0) is 21.3. The highest BCUT2D eigenvalue weighted by Gasteiger charge is 2.34. The van der Waals surface area contributed by atoms with E-state index >= 15 is 0 Å². The molecule has 1 aliphatic heterocycles. The first-order valence-electron chi connectivity index (χ1n) is 9.06. The monoisotopic (exact) mass is 410 g/mol. The van der Waals surface area contributed by atoms with Gasteiger partial charge in [0.15, 0.2) is 0 Å². The van der Waals surface area contributed by atoms with Crippen LogP contribution in [0.25, 0.3) is 0 Å². The molecule has 1 amide bonds. The first-order chi connectivity index (χ1) is 14.5. The number of anilines is 2. The first-order valence-corrected chi connectivity index (χ1v) is 9.06. The molecule has 0 unspecified atom stereocenters. The van der Waals surface area contributed by atoms with Gasteiger partial charge in [0.1, 0.15) is 23.4 Å². The predicted octanol–water partition coefficient (Wildman–Crippen LogP) is 2.76. The van der Waals surface area contributed by atoms with Gasteiger partial charge in [-0.1, -0.05) is 17.2 Å². The van der Waals surface area contributed by atoms with E-state index in [1.54, 1.807) is 44.4 Å². The van der Waals surface area contributed by atoms with Gasteiger partial charge in [0, 0.05) is 11.8 Å². The fourth-order valence-corrected chi connectivity index (χ4v) is 3.35. The summed E-state index contributed by atoms with van der Waals surface area (Å²) in [6.45, 7) is 1.76. The third-order valence-corrected chi connectivity index (χ3v) is 4.80. The van der Waals surface area contributed by atoms with Crippen LogP contribution in [-0.2, 0) is 4.79 Å². The number of tetrazole rings is 1. The summed E-state index contributed by atoms with van der Waals surface area (Å²) in [5.74, 6) is 0.687. The van der Waals surface area contributed by atoms with Crippen LogP contribution in [0.4, 0.5) is 16.0 Å². The Morgan fingerprint density at radius 2 is 1.93 bits per heavy atom. The van der Waals surface area contributed by atoms with E-state index < -0.39 is 6.04 Å². The third kappa shape index (κ3) is 3.43. The lowest BCUT2D eigenvalue weighted by Gasteiger charge is -2.28. The zero-order valence-corrected chi connectivity index (χ0v) is 16.5. The molecule has 154 valence electrons. The zero-order valence-electron chi connectivity index (χ0n) is 16.5. The number of benzene rings is 2. The Hall–Kier alpha value is -3.95. The van der Waals surface area contributed by atoms with E-state index in [0.29, 0.717) is 40.0 Å². The van der Waals surface area contributed by atoms with Crippen LogP contribution in [0.15, 0.2) is 53.7 Å². The minimum atomic E-state index is -0.638. The van der Waals surface area contributed by atoms with E-state index in [1.165, 1.54) is 23.9 Å². The van der Waals surface area contributed by atoms with Crippen molar-refractivity contribution in [3.63, 3.8) is 0 Å². The van der Waals surface area contributed by atoms with E-state index in [4.69, 9.17) is 9.47 Å². The molecule has 9 nitrogen and oxygen atoms in total. The number of amides is 1. The van der Waals surface area contributed by atoms with E-state index in [-0.39, 0.29) is 11.7 Å². The first kappa shape index (κ1) is 19.4. The molecule has 2 N–H and O–H groups in total. The minimum absolute atomic E-state index is 0.376. The lowest BCUT2D eigenvalue weighted by Crippen LogP contribution is -2.31. The van der Waals surface area contributed by atoms with Crippen molar-refractivity contribution in [1.82, 2.24) is 20.2 Å². The van der Waals surface area contributed by atoms with Crippen LogP contribution >= 0.6 is 0 Å². The number of allylic oxidation sites excluding steroid dienone is 1. The van der Waals surface area contributed by atoms with Crippen LogP contribution in [-0.4, -0.2) is 40.3 Å². The largest absolute Gasteiger partial charge is 0.497 e. The Bertz CT molecular complexity index is 1130. The molecule has 10 heteroatoms. The van der Waals surface area contributed by atoms with Crippen LogP contribution in [0.3, 0.4) is 0 Å². The SMILES string of the molecule is COc1ccc(NC(=O)C2=C(C)Nc3nnnn3[C@H]2c2ccc(F)cc2)c(OC)c1. The van der Waals surface area contributed by atoms with Gasteiger partial charge >= 0.3 is 0 Å². The topological polar surface area (TPSA) is 103 Å². The highest BCUT2D eigenvalue weighted by atomic mass is 19.1. The number of ether oxygens (including phenoxy) is 2. The predicted molar refractivity (Wildman–Crippen MR) is 107 cm³/mol. The second kappa shape index (κ2) is 7.82. The lowest BCUT2D eigenvalue weighted by molar-refractivity contribution is -0.113. The van der Waals surface area contributed by atoms with Crippen molar-refractivity contribution >= 4 is 17.5 Å². The average Bonchev–Trinajstić information content (AvgIpc) is 3.21. The summed E-state index contributed by atoms with van der Waals surface area (Å²) in [6.07, 6.45) is 0. The molecule has 4 rings (SSSR count). The highest BCUT2D eigenvalue weighted by molar-refractivity contribution is 6.06. The Balaban J connectivity index is 1.74. The summed E-state index contributed by atoms with van der Waals surface area (Å²) in [5, 5.41) is 17.6. The van der Waals surface area contributed by atoms with Gasteiger partial charge in [-0.3, -0.25) is 4.79 Å². The quantitative estimate of drug-likeness (QED) is 0.667. The number of hydrogen-bond donors (Lipinski definition) is 2. The molecule has 0 fully saturated rings. The maximum atomic E-state index is 13.5. The number of carbonyl (C=O) groups is 1. The molecular weight excluding hydrogens is 391 g/mol. The number of methoxy groups -OCH3 is 2. The third-order valence-electron chi connectivity index (χ3n) is 4.80. The Morgan fingerprint density at radius 1 is 1.17 bits per heavy atom. The van der Waals surface area contributed by atoms with Crippen LogP contribution in [0.5, 0.6) is 11.5 Å². The second-order valence-corrected chi connectivity index (χ2v) is 6.59. The summed E-state index contributed by atoms with van der Waals surface area (Å²) in [4.78, 5) is 13.3. The molecule has 0 bridgehead atoms. The molecule has 2 aromatic carbocycles. The van der Waals surface area contributed by atoms with Gasteiger partial charge in [0.05, 0.1) is 25.5 Å². The van der Waals surface area contributed by atoms with Crippen molar-refractivity contribution in [2.24, 2.45) is 0 Å². The maximum absolute atomic E-state index is 13.5. The van der Waals surface area contributed by atoms with E-state index in [1.807, 2.05) is 0 Å². The van der Waals surface area contributed by atoms with Crippen molar-refractivity contribution in [3.8, 4) is 11.5 Å². The number of halogens is 1. The van der Waals surface area contributed by atoms with Gasteiger partial charge in [-0.15, -0.1) is 0 Å². The molecule has 0 saturated heterocycles. The molecular formula is C20H19FN6O3. The van der Waals surface area contributed by atoms with Gasteiger partial charge in [0.2, 0.25) is 5.95 Å². The normalized spacial score (nSPS) is 15.3. The molecule has 30 heavy (non-hydrogen) atoms. The van der Waals surface area contributed by atoms with E-state index in [9.17, 15) is 9.18 Å². The van der Waals surface area contributed by atoms with Crippen LogP contribution < -0.4 is 20.1 Å². The maximum Gasteiger partial charge on any atom is 0.255 e. The molecule has 1 atom stereocenters. The minimum Gasteiger partial charge on any atom is -0.497 e. The van der Waals surface area contributed by atoms with Crippen molar-refractivity contribution in [2.45, 2.75) is 13.0 Å². The summed E-state index contributed by atoms with van der Waals surface area (Å²) in [5.41, 5.74) is 2.11. The highest BCUT2D eigenvalue weighted by Crippen LogP contribution is 2.36. The Labute approximate surface area is 171 Å². The number of aromatic nitrogens is 4. The van der Waals surface area contributed by atoms with Crippen molar-refractivity contribution in [2.75, 3.05) is 24.9 Å². The molecule has 0 saturated carbocycles. The fourth-order valence-electron chi connectivity index (χ4n) is 3.35. The summed E-state index contributed by atoms with van der Waals surface area (Å²) in [6, 6.07) is 10.3. The second-order valence-electron chi connectivity index (χ2n) is 6.59. The number of nitrogens with one attached hydrogen (secondary N) is 2. The summed E-state index contributed by atoms with van der Waals surface area (Å²) < 4.78 is 25.5. The van der Waals surface area contributed by atoms with Crippen molar-refractivity contribution < 1.29 is 18.7 Å². The molecule has 0 spiro atoms. The van der Waals surface area contributed by atoms with Gasteiger partial charge < -0.3 is 20.1 Å². The molecule has 1 aliphatic rings. The van der Waals surface area contributed by atoms with Gasteiger partial charge in [-0.05, 0) is 47.2 Å². The van der Waals surface area contributed by atoms with Gasteiger partial charge in [-0.2, -0.15) is 4.68 Å². The fraction of sp³-hybridized carbons (Fsp3) is 0.200. The number of nitrogens with zero attached hydrogens (tertiary/aromatic N) is 4. The summed E-state index contributed by atoms with van der Waals surface area (Å²) in [7, 11) is 3.05. The molecule has 0 radical (unpaired) electrons. The lowest BCUT2D eigenvalue weighted by atomic mass is 9.95. The molecule has 1 aromatic heterocycles.